The maximum atomic E-state index is 13.5. The summed E-state index contributed by atoms with van der Waals surface area (Å²) in [5.74, 6) is -15.9. The molecule has 0 fully saturated rings. The third-order valence-electron chi connectivity index (χ3n) is 3.47. The van der Waals surface area contributed by atoms with Crippen LogP contribution in [0.1, 0.15) is 12.5 Å². The van der Waals surface area contributed by atoms with Gasteiger partial charge in [-0.15, -0.1) is 0 Å². The highest BCUT2D eigenvalue weighted by Crippen LogP contribution is 2.47. The van der Waals surface area contributed by atoms with Crippen molar-refractivity contribution >= 4 is 5.91 Å². The topological polar surface area (TPSA) is 20.3 Å². The zero-order valence-electron chi connectivity index (χ0n) is 12.5. The average molecular weight is 363 g/mol. The summed E-state index contributed by atoms with van der Waals surface area (Å²) < 4.78 is 102. The van der Waals surface area contributed by atoms with Crippen molar-refractivity contribution in [1.29, 1.82) is 0 Å². The lowest BCUT2D eigenvalue weighted by molar-refractivity contribution is -0.346. The first-order chi connectivity index (χ1) is 10.7. The molecule has 0 radical (unpaired) electrons. The van der Waals surface area contributed by atoms with Crippen molar-refractivity contribution in [2.75, 3.05) is 7.05 Å². The lowest BCUT2D eigenvalue weighted by atomic mass is 10.0. The Bertz CT molecular complexity index is 599. The summed E-state index contributed by atoms with van der Waals surface area (Å²) in [4.78, 5) is 11.5. The molecule has 0 spiro atoms. The number of hydrogen-bond donors (Lipinski definition) is 0. The number of halogens is 8. The number of alkyl halides is 7. The Kier molecular flexibility index (Phi) is 5.51. The second-order valence-corrected chi connectivity index (χ2v) is 5.21. The van der Waals surface area contributed by atoms with Crippen LogP contribution in [0.5, 0.6) is 0 Å². The minimum atomic E-state index is -6.60. The van der Waals surface area contributed by atoms with Crippen LogP contribution in [0.4, 0.5) is 35.1 Å². The third kappa shape index (κ3) is 3.62. The van der Waals surface area contributed by atoms with Gasteiger partial charge in [-0.05, 0) is 25.0 Å². The van der Waals surface area contributed by atoms with Crippen molar-refractivity contribution in [2.45, 2.75) is 37.4 Å². The SMILES string of the molecule is CC(Cc1ccccc1F)N(C)C(=O)C(F)(F)C(F)(F)C(F)(F)F. The Balaban J connectivity index is 2.99. The Morgan fingerprint density at radius 1 is 1.08 bits per heavy atom. The summed E-state index contributed by atoms with van der Waals surface area (Å²) in [6.45, 7) is 1.12. The number of rotatable bonds is 5. The first-order valence-electron chi connectivity index (χ1n) is 6.56. The molecule has 1 atom stereocenters. The molecule has 0 aliphatic rings. The molecule has 0 saturated carbocycles. The lowest BCUT2D eigenvalue weighted by Gasteiger charge is -2.33. The molecule has 0 N–H and O–H groups in total. The molecule has 1 unspecified atom stereocenters. The Morgan fingerprint density at radius 2 is 1.58 bits per heavy atom. The third-order valence-corrected chi connectivity index (χ3v) is 3.47. The molecule has 0 bridgehead atoms. The fourth-order valence-electron chi connectivity index (χ4n) is 1.85. The molecule has 1 aromatic carbocycles. The predicted octanol–water partition coefficient (Wildman–Crippen LogP) is 4.05. The number of amides is 1. The lowest BCUT2D eigenvalue weighted by Crippen LogP contribution is -2.60. The van der Waals surface area contributed by atoms with Crippen LogP contribution in [0.25, 0.3) is 0 Å². The summed E-state index contributed by atoms with van der Waals surface area (Å²) >= 11 is 0. The van der Waals surface area contributed by atoms with Crippen molar-refractivity contribution in [2.24, 2.45) is 0 Å². The molecule has 136 valence electrons. The van der Waals surface area contributed by atoms with E-state index in [1.165, 1.54) is 18.2 Å². The van der Waals surface area contributed by atoms with Gasteiger partial charge in [0.05, 0.1) is 0 Å². The van der Waals surface area contributed by atoms with Crippen LogP contribution in [-0.4, -0.2) is 41.9 Å². The molecule has 0 aliphatic heterocycles. The number of nitrogens with zero attached hydrogens (tertiary/aromatic N) is 1. The van der Waals surface area contributed by atoms with Gasteiger partial charge in [-0.25, -0.2) is 4.39 Å². The molecule has 2 nitrogen and oxygen atoms in total. The fourth-order valence-corrected chi connectivity index (χ4v) is 1.85. The maximum absolute atomic E-state index is 13.5. The maximum Gasteiger partial charge on any atom is 0.460 e. The van der Waals surface area contributed by atoms with Crippen LogP contribution >= 0.6 is 0 Å². The van der Waals surface area contributed by atoms with Crippen molar-refractivity contribution in [3.8, 4) is 0 Å². The Labute approximate surface area is 132 Å². The molecule has 0 aliphatic carbocycles. The highest BCUT2D eigenvalue weighted by Gasteiger charge is 2.76. The predicted molar refractivity (Wildman–Crippen MR) is 68.3 cm³/mol. The van der Waals surface area contributed by atoms with Crippen molar-refractivity contribution in [3.05, 3.63) is 35.6 Å². The van der Waals surface area contributed by atoms with Gasteiger partial charge in [0, 0.05) is 13.1 Å². The van der Waals surface area contributed by atoms with Crippen molar-refractivity contribution < 1.29 is 39.9 Å². The number of hydrogen-bond acceptors (Lipinski definition) is 1. The molecule has 0 aromatic heterocycles. The van der Waals surface area contributed by atoms with Crippen LogP contribution in [0, 0.1) is 5.82 Å². The number of benzene rings is 1. The molecule has 0 heterocycles. The molecule has 1 amide bonds. The Morgan fingerprint density at radius 3 is 2.04 bits per heavy atom. The molecule has 1 aromatic rings. The van der Waals surface area contributed by atoms with Crippen molar-refractivity contribution in [1.82, 2.24) is 4.90 Å². The quantitative estimate of drug-likeness (QED) is 0.723. The van der Waals surface area contributed by atoms with E-state index in [2.05, 4.69) is 0 Å². The van der Waals surface area contributed by atoms with Crippen LogP contribution in [0.3, 0.4) is 0 Å². The van der Waals surface area contributed by atoms with Crippen LogP contribution in [-0.2, 0) is 11.2 Å². The van der Waals surface area contributed by atoms with Crippen molar-refractivity contribution in [3.63, 3.8) is 0 Å². The van der Waals surface area contributed by atoms with Gasteiger partial charge in [0.2, 0.25) is 0 Å². The van der Waals surface area contributed by atoms with Gasteiger partial charge in [-0.3, -0.25) is 4.79 Å². The van der Waals surface area contributed by atoms with Gasteiger partial charge >= 0.3 is 18.0 Å². The summed E-state index contributed by atoms with van der Waals surface area (Å²) in [7, 11) is 0.647. The largest absolute Gasteiger partial charge is 0.460 e. The van der Waals surface area contributed by atoms with E-state index in [4.69, 9.17) is 0 Å². The Hall–Kier alpha value is -1.87. The van der Waals surface area contributed by atoms with E-state index in [1.807, 2.05) is 0 Å². The van der Waals surface area contributed by atoms with Crippen LogP contribution in [0.15, 0.2) is 24.3 Å². The first kappa shape index (κ1) is 20.2. The molecular formula is C14H13F8NO. The molecule has 0 saturated heterocycles. The molecule has 24 heavy (non-hydrogen) atoms. The van der Waals surface area contributed by atoms with E-state index in [0.29, 0.717) is 7.05 Å². The highest BCUT2D eigenvalue weighted by atomic mass is 19.4. The molecule has 10 heteroatoms. The highest BCUT2D eigenvalue weighted by molar-refractivity contribution is 5.85. The van der Waals surface area contributed by atoms with E-state index < -0.39 is 35.8 Å². The monoisotopic (exact) mass is 363 g/mol. The minimum absolute atomic E-state index is 0.00412. The van der Waals surface area contributed by atoms with E-state index >= 15 is 0 Å². The summed E-state index contributed by atoms with van der Waals surface area (Å²) in [6.07, 6.45) is -6.94. The zero-order valence-corrected chi connectivity index (χ0v) is 12.5. The van der Waals surface area contributed by atoms with Gasteiger partial charge in [0.1, 0.15) is 5.82 Å². The number of carbonyl (C=O) groups is 1. The van der Waals surface area contributed by atoms with E-state index in [9.17, 15) is 39.9 Å². The second-order valence-electron chi connectivity index (χ2n) is 5.21. The number of carbonyl (C=O) groups excluding carboxylic acids is 1. The van der Waals surface area contributed by atoms with Crippen LogP contribution in [0.2, 0.25) is 0 Å². The van der Waals surface area contributed by atoms with E-state index in [1.54, 1.807) is 0 Å². The molecule has 1 rings (SSSR count). The van der Waals surface area contributed by atoms with Crippen LogP contribution < -0.4 is 0 Å². The fraction of sp³-hybridized carbons (Fsp3) is 0.500. The van der Waals surface area contributed by atoms with Gasteiger partial charge < -0.3 is 4.90 Å². The summed E-state index contributed by atoms with van der Waals surface area (Å²) in [5, 5.41) is 0. The van der Waals surface area contributed by atoms with E-state index in [-0.39, 0.29) is 16.9 Å². The minimum Gasteiger partial charge on any atom is -0.337 e. The van der Waals surface area contributed by atoms with Gasteiger partial charge in [-0.1, -0.05) is 18.2 Å². The summed E-state index contributed by atoms with van der Waals surface area (Å²) in [6, 6.07) is 3.84. The smallest absolute Gasteiger partial charge is 0.337 e. The average Bonchev–Trinajstić information content (AvgIpc) is 2.46. The standard InChI is InChI=1S/C14H13F8NO/c1-8(7-9-5-3-4-6-10(9)15)23(2)11(24)12(16,17)13(18,19)14(20,21)22/h3-6,8H,7H2,1-2H3. The summed E-state index contributed by atoms with van der Waals surface area (Å²) in [5.41, 5.74) is -0.00412. The second kappa shape index (κ2) is 6.56. The van der Waals surface area contributed by atoms with Gasteiger partial charge in [0.25, 0.3) is 5.91 Å². The van der Waals surface area contributed by atoms with Gasteiger partial charge in [-0.2, -0.15) is 30.7 Å². The molecular weight excluding hydrogens is 350 g/mol. The van der Waals surface area contributed by atoms with Gasteiger partial charge in [0.15, 0.2) is 0 Å². The van der Waals surface area contributed by atoms with E-state index in [0.717, 1.165) is 13.0 Å². The zero-order chi connectivity index (χ0) is 18.9. The first-order valence-corrected chi connectivity index (χ1v) is 6.56. The normalized spacial score (nSPS) is 14.4. The number of likely N-dealkylation sites (N-methyl/N-ethyl adjacent to an activating group) is 1.